The number of ether oxygens (including phenoxy) is 1. The SMILES string of the molecule is CNC(=O)C=CCCN(CCOc1ccc(I)cn1)C(=O)O. The molecule has 2 amide bonds. The van der Waals surface area contributed by atoms with Crippen molar-refractivity contribution in [2.24, 2.45) is 0 Å². The standard InChI is InChI=1S/C14H18IN3O4/c1-16-12(19)4-2-3-7-18(14(20)21)8-9-22-13-6-5-11(15)10-17-13/h2,4-6,10H,3,7-9H2,1H3,(H,16,19)(H,20,21). The Bertz CT molecular complexity index is 519. The third kappa shape index (κ3) is 7.25. The zero-order chi connectivity index (χ0) is 16.4. The van der Waals surface area contributed by atoms with Crippen LogP contribution in [0.3, 0.4) is 0 Å². The summed E-state index contributed by atoms with van der Waals surface area (Å²) in [5.74, 6) is 0.250. The van der Waals surface area contributed by atoms with Gasteiger partial charge < -0.3 is 20.1 Å². The minimum absolute atomic E-state index is 0.213. The molecule has 120 valence electrons. The Morgan fingerprint density at radius 3 is 2.82 bits per heavy atom. The van der Waals surface area contributed by atoms with Crippen LogP contribution in [-0.2, 0) is 4.79 Å². The van der Waals surface area contributed by atoms with Gasteiger partial charge in [0.05, 0.1) is 6.54 Å². The van der Waals surface area contributed by atoms with Gasteiger partial charge >= 0.3 is 6.09 Å². The van der Waals surface area contributed by atoms with Crippen LogP contribution in [0, 0.1) is 3.57 Å². The molecule has 0 radical (unpaired) electrons. The highest BCUT2D eigenvalue weighted by Crippen LogP contribution is 2.09. The molecule has 8 heteroatoms. The van der Waals surface area contributed by atoms with E-state index in [4.69, 9.17) is 9.84 Å². The molecule has 1 rings (SSSR count). The van der Waals surface area contributed by atoms with E-state index < -0.39 is 6.09 Å². The van der Waals surface area contributed by atoms with Gasteiger partial charge in [0.25, 0.3) is 0 Å². The number of carbonyl (C=O) groups is 2. The molecule has 0 saturated carbocycles. The summed E-state index contributed by atoms with van der Waals surface area (Å²) in [7, 11) is 1.53. The molecule has 0 bridgehead atoms. The van der Waals surface area contributed by atoms with Crippen LogP contribution in [0.1, 0.15) is 6.42 Å². The third-order valence-electron chi connectivity index (χ3n) is 2.66. The van der Waals surface area contributed by atoms with E-state index in [9.17, 15) is 9.59 Å². The molecule has 7 nitrogen and oxygen atoms in total. The summed E-state index contributed by atoms with van der Waals surface area (Å²) in [4.78, 5) is 27.4. The Balaban J connectivity index is 2.34. The van der Waals surface area contributed by atoms with Gasteiger partial charge in [-0.2, -0.15) is 0 Å². The lowest BCUT2D eigenvalue weighted by Crippen LogP contribution is -2.34. The first-order valence-corrected chi connectivity index (χ1v) is 7.71. The van der Waals surface area contributed by atoms with Gasteiger partial charge in [0.2, 0.25) is 11.8 Å². The predicted molar refractivity (Wildman–Crippen MR) is 89.9 cm³/mol. The Morgan fingerprint density at radius 2 is 2.23 bits per heavy atom. The molecule has 0 aliphatic carbocycles. The fourth-order valence-electron chi connectivity index (χ4n) is 1.52. The number of aromatic nitrogens is 1. The van der Waals surface area contributed by atoms with Crippen molar-refractivity contribution < 1.29 is 19.4 Å². The number of carbonyl (C=O) groups excluding carboxylic acids is 1. The largest absolute Gasteiger partial charge is 0.476 e. The molecule has 1 heterocycles. The first-order chi connectivity index (χ1) is 10.5. The average molecular weight is 419 g/mol. The molecular weight excluding hydrogens is 401 g/mol. The van der Waals surface area contributed by atoms with Crippen molar-refractivity contribution in [2.45, 2.75) is 6.42 Å². The minimum atomic E-state index is -1.02. The summed E-state index contributed by atoms with van der Waals surface area (Å²) >= 11 is 2.14. The van der Waals surface area contributed by atoms with Crippen LogP contribution in [0.5, 0.6) is 5.88 Å². The van der Waals surface area contributed by atoms with Gasteiger partial charge in [0.15, 0.2) is 0 Å². The second-order valence-corrected chi connectivity index (χ2v) is 5.48. The van der Waals surface area contributed by atoms with Crippen LogP contribution in [0.15, 0.2) is 30.5 Å². The van der Waals surface area contributed by atoms with Gasteiger partial charge in [0.1, 0.15) is 6.61 Å². The van der Waals surface area contributed by atoms with Crippen molar-refractivity contribution in [2.75, 3.05) is 26.7 Å². The predicted octanol–water partition coefficient (Wildman–Crippen LogP) is 1.74. The minimum Gasteiger partial charge on any atom is -0.476 e. The third-order valence-corrected chi connectivity index (χ3v) is 3.30. The monoisotopic (exact) mass is 419 g/mol. The van der Waals surface area contributed by atoms with E-state index in [1.54, 1.807) is 18.3 Å². The second-order valence-electron chi connectivity index (χ2n) is 4.24. The fraction of sp³-hybridized carbons (Fsp3) is 0.357. The lowest BCUT2D eigenvalue weighted by molar-refractivity contribution is -0.116. The Morgan fingerprint density at radius 1 is 1.45 bits per heavy atom. The van der Waals surface area contributed by atoms with E-state index in [0.29, 0.717) is 18.8 Å². The average Bonchev–Trinajstić information content (AvgIpc) is 2.50. The number of pyridine rings is 1. The van der Waals surface area contributed by atoms with Crippen molar-refractivity contribution >= 4 is 34.6 Å². The van der Waals surface area contributed by atoms with Crippen LogP contribution < -0.4 is 10.1 Å². The van der Waals surface area contributed by atoms with E-state index in [-0.39, 0.29) is 19.1 Å². The van der Waals surface area contributed by atoms with Gasteiger partial charge in [-0.3, -0.25) is 4.79 Å². The van der Waals surface area contributed by atoms with E-state index in [1.165, 1.54) is 18.0 Å². The van der Waals surface area contributed by atoms with Gasteiger partial charge in [-0.15, -0.1) is 0 Å². The summed E-state index contributed by atoms with van der Waals surface area (Å²) in [6.45, 7) is 0.752. The normalized spacial score (nSPS) is 10.5. The highest BCUT2D eigenvalue weighted by molar-refractivity contribution is 14.1. The molecule has 22 heavy (non-hydrogen) atoms. The molecule has 1 aromatic heterocycles. The molecule has 0 aliphatic rings. The first-order valence-electron chi connectivity index (χ1n) is 6.63. The molecule has 0 aromatic carbocycles. The van der Waals surface area contributed by atoms with E-state index >= 15 is 0 Å². The van der Waals surface area contributed by atoms with Crippen molar-refractivity contribution in [3.8, 4) is 5.88 Å². The van der Waals surface area contributed by atoms with Crippen LogP contribution >= 0.6 is 22.6 Å². The van der Waals surface area contributed by atoms with Crippen molar-refractivity contribution in [1.82, 2.24) is 15.2 Å². The molecule has 2 N–H and O–H groups in total. The van der Waals surface area contributed by atoms with Gasteiger partial charge in [0, 0.05) is 29.4 Å². The summed E-state index contributed by atoms with van der Waals surface area (Å²) in [6.07, 6.45) is 4.13. The lowest BCUT2D eigenvalue weighted by atomic mass is 10.3. The summed E-state index contributed by atoms with van der Waals surface area (Å²) < 4.78 is 6.40. The molecule has 1 aromatic rings. The number of likely N-dealkylation sites (N-methyl/N-ethyl adjacent to an activating group) is 1. The van der Waals surface area contributed by atoms with E-state index in [1.807, 2.05) is 6.07 Å². The molecule has 0 atom stereocenters. The number of hydrogen-bond donors (Lipinski definition) is 2. The summed E-state index contributed by atoms with van der Waals surface area (Å²) in [5.41, 5.74) is 0. The maximum absolute atomic E-state index is 11.1. The highest BCUT2D eigenvalue weighted by Gasteiger charge is 2.10. The molecule has 0 fully saturated rings. The number of nitrogens with zero attached hydrogens (tertiary/aromatic N) is 2. The van der Waals surface area contributed by atoms with Crippen molar-refractivity contribution in [1.29, 1.82) is 0 Å². The van der Waals surface area contributed by atoms with Gasteiger partial charge in [-0.1, -0.05) is 6.08 Å². The number of carboxylic acid groups (broad SMARTS) is 1. The maximum Gasteiger partial charge on any atom is 0.407 e. The maximum atomic E-state index is 11.1. The van der Waals surface area contributed by atoms with Gasteiger partial charge in [-0.25, -0.2) is 9.78 Å². The molecular formula is C14H18IN3O4. The van der Waals surface area contributed by atoms with Crippen LogP contribution in [-0.4, -0.2) is 53.7 Å². The van der Waals surface area contributed by atoms with Crippen LogP contribution in [0.4, 0.5) is 4.79 Å². The van der Waals surface area contributed by atoms with Crippen molar-refractivity contribution in [3.63, 3.8) is 0 Å². The van der Waals surface area contributed by atoms with E-state index in [0.717, 1.165) is 3.57 Å². The van der Waals surface area contributed by atoms with Crippen LogP contribution in [0.2, 0.25) is 0 Å². The fourth-order valence-corrected chi connectivity index (χ4v) is 1.83. The first kappa shape index (κ1) is 18.2. The van der Waals surface area contributed by atoms with Gasteiger partial charge in [-0.05, 0) is 41.2 Å². The number of rotatable bonds is 8. The van der Waals surface area contributed by atoms with Crippen LogP contribution in [0.25, 0.3) is 0 Å². The lowest BCUT2D eigenvalue weighted by Gasteiger charge is -2.18. The van der Waals surface area contributed by atoms with Crippen molar-refractivity contribution in [3.05, 3.63) is 34.1 Å². The Kier molecular flexibility index (Phi) is 8.26. The molecule has 0 spiro atoms. The number of hydrogen-bond acceptors (Lipinski definition) is 4. The number of amides is 2. The topological polar surface area (TPSA) is 91.8 Å². The Hall–Kier alpha value is -1.84. The molecule has 0 saturated heterocycles. The summed E-state index contributed by atoms with van der Waals surface area (Å²) in [6, 6.07) is 3.60. The number of halogens is 1. The molecule has 0 aliphatic heterocycles. The second kappa shape index (κ2) is 9.98. The Labute approximate surface area is 142 Å². The smallest absolute Gasteiger partial charge is 0.407 e. The van der Waals surface area contributed by atoms with E-state index in [2.05, 4.69) is 32.9 Å². The highest BCUT2D eigenvalue weighted by atomic mass is 127. The number of nitrogens with one attached hydrogen (secondary N) is 1. The quantitative estimate of drug-likeness (QED) is 0.495. The zero-order valence-electron chi connectivity index (χ0n) is 12.2. The molecule has 0 unspecified atom stereocenters. The zero-order valence-corrected chi connectivity index (χ0v) is 14.3. The summed E-state index contributed by atoms with van der Waals surface area (Å²) in [5, 5.41) is 11.6.